The highest BCUT2D eigenvalue weighted by Gasteiger charge is 2.09. The van der Waals surface area contributed by atoms with Crippen LogP contribution in [0.1, 0.15) is 11.1 Å². The second-order valence-electron chi connectivity index (χ2n) is 4.49. The van der Waals surface area contributed by atoms with Crippen LogP contribution in [0.5, 0.6) is 0 Å². The van der Waals surface area contributed by atoms with Gasteiger partial charge in [-0.1, -0.05) is 22.0 Å². The SMILES string of the molecule is CN(Cc1csc(Br)c1)c1cc(Br)ccc1C=CC(=O)O. The van der Waals surface area contributed by atoms with E-state index in [2.05, 4.69) is 48.2 Å². The van der Waals surface area contributed by atoms with Crippen molar-refractivity contribution in [2.45, 2.75) is 6.54 Å². The molecular weight excluding hydrogens is 418 g/mol. The third-order valence-corrected chi connectivity index (χ3v) is 4.90. The van der Waals surface area contributed by atoms with Gasteiger partial charge in [-0.2, -0.15) is 0 Å². The number of hydrogen-bond donors (Lipinski definition) is 1. The van der Waals surface area contributed by atoms with Gasteiger partial charge in [-0.05, 0) is 56.7 Å². The van der Waals surface area contributed by atoms with Crippen LogP contribution in [-0.2, 0) is 11.3 Å². The number of rotatable bonds is 5. The molecule has 6 heteroatoms. The van der Waals surface area contributed by atoms with Gasteiger partial charge in [0.2, 0.25) is 0 Å². The summed E-state index contributed by atoms with van der Waals surface area (Å²) in [6.45, 7) is 0.756. The van der Waals surface area contributed by atoms with Crippen molar-refractivity contribution in [1.82, 2.24) is 0 Å². The molecule has 1 N–H and O–H groups in total. The van der Waals surface area contributed by atoms with E-state index in [-0.39, 0.29) is 0 Å². The molecule has 1 aromatic heterocycles. The molecule has 0 saturated heterocycles. The first kappa shape index (κ1) is 16.3. The minimum Gasteiger partial charge on any atom is -0.478 e. The molecule has 0 aliphatic rings. The zero-order chi connectivity index (χ0) is 15.4. The predicted octanol–water partition coefficient (Wildman–Crippen LogP) is 5.01. The summed E-state index contributed by atoms with van der Waals surface area (Å²) in [6.07, 6.45) is 2.77. The van der Waals surface area contributed by atoms with E-state index >= 15 is 0 Å². The molecule has 0 atom stereocenters. The first-order chi connectivity index (χ1) is 9.95. The minimum atomic E-state index is -0.951. The van der Waals surface area contributed by atoms with E-state index in [1.165, 1.54) is 5.56 Å². The number of anilines is 1. The van der Waals surface area contributed by atoms with E-state index < -0.39 is 5.97 Å². The molecule has 0 aliphatic carbocycles. The summed E-state index contributed by atoms with van der Waals surface area (Å²) >= 11 is 8.58. The summed E-state index contributed by atoms with van der Waals surface area (Å²) in [5.74, 6) is -0.951. The Labute approximate surface area is 144 Å². The van der Waals surface area contributed by atoms with E-state index in [9.17, 15) is 4.79 Å². The molecular formula is C15H13Br2NO2S. The van der Waals surface area contributed by atoms with Crippen molar-refractivity contribution < 1.29 is 9.90 Å². The third kappa shape index (κ3) is 4.69. The molecule has 1 heterocycles. The van der Waals surface area contributed by atoms with Crippen molar-refractivity contribution in [3.05, 3.63) is 55.1 Å². The van der Waals surface area contributed by atoms with Crippen molar-refractivity contribution in [3.8, 4) is 0 Å². The second-order valence-corrected chi connectivity index (χ2v) is 7.70. The molecule has 0 unspecified atom stereocenters. The molecule has 2 aromatic rings. The highest BCUT2D eigenvalue weighted by atomic mass is 79.9. The molecule has 21 heavy (non-hydrogen) atoms. The van der Waals surface area contributed by atoms with Crippen molar-refractivity contribution >= 4 is 60.9 Å². The van der Waals surface area contributed by atoms with Gasteiger partial charge in [-0.3, -0.25) is 0 Å². The fraction of sp³-hybridized carbons (Fsp3) is 0.133. The van der Waals surface area contributed by atoms with Gasteiger partial charge in [-0.15, -0.1) is 11.3 Å². The lowest BCUT2D eigenvalue weighted by atomic mass is 10.1. The van der Waals surface area contributed by atoms with E-state index in [4.69, 9.17) is 5.11 Å². The Hall–Kier alpha value is -1.11. The largest absolute Gasteiger partial charge is 0.478 e. The third-order valence-electron chi connectivity index (χ3n) is 2.85. The number of carbonyl (C=O) groups is 1. The Bertz CT molecular complexity index is 682. The van der Waals surface area contributed by atoms with Gasteiger partial charge in [0.15, 0.2) is 0 Å². The van der Waals surface area contributed by atoms with Crippen molar-refractivity contribution in [2.75, 3.05) is 11.9 Å². The summed E-state index contributed by atoms with van der Waals surface area (Å²) in [7, 11) is 1.99. The van der Waals surface area contributed by atoms with Crippen LogP contribution in [0.2, 0.25) is 0 Å². The van der Waals surface area contributed by atoms with Crippen molar-refractivity contribution in [2.24, 2.45) is 0 Å². The molecule has 0 radical (unpaired) electrons. The molecule has 110 valence electrons. The average molecular weight is 431 g/mol. The van der Waals surface area contributed by atoms with Gasteiger partial charge in [-0.25, -0.2) is 4.79 Å². The Morgan fingerprint density at radius 1 is 1.38 bits per heavy atom. The summed E-state index contributed by atoms with van der Waals surface area (Å²) < 4.78 is 2.06. The molecule has 0 spiro atoms. The number of carboxylic acids is 1. The van der Waals surface area contributed by atoms with Crippen molar-refractivity contribution in [1.29, 1.82) is 0 Å². The Kier molecular flexibility index (Phi) is 5.61. The lowest BCUT2D eigenvalue weighted by Crippen LogP contribution is -2.17. The van der Waals surface area contributed by atoms with Crippen LogP contribution < -0.4 is 4.90 Å². The maximum absolute atomic E-state index is 10.7. The van der Waals surface area contributed by atoms with Gasteiger partial charge in [0.25, 0.3) is 0 Å². The highest BCUT2D eigenvalue weighted by molar-refractivity contribution is 9.11. The number of benzene rings is 1. The zero-order valence-electron chi connectivity index (χ0n) is 11.2. The van der Waals surface area contributed by atoms with Gasteiger partial charge in [0, 0.05) is 29.8 Å². The Morgan fingerprint density at radius 2 is 2.14 bits per heavy atom. The van der Waals surface area contributed by atoms with Crippen LogP contribution >= 0.6 is 43.2 Å². The predicted molar refractivity (Wildman–Crippen MR) is 94.9 cm³/mol. The van der Waals surface area contributed by atoms with E-state index in [0.717, 1.165) is 32.1 Å². The first-order valence-electron chi connectivity index (χ1n) is 6.10. The van der Waals surface area contributed by atoms with E-state index in [1.54, 1.807) is 17.4 Å². The number of aliphatic carboxylic acids is 1. The quantitative estimate of drug-likeness (QED) is 0.678. The molecule has 0 amide bonds. The van der Waals surface area contributed by atoms with E-state index in [0.29, 0.717) is 0 Å². The van der Waals surface area contributed by atoms with Crippen LogP contribution in [0.25, 0.3) is 6.08 Å². The first-order valence-corrected chi connectivity index (χ1v) is 8.57. The topological polar surface area (TPSA) is 40.5 Å². The van der Waals surface area contributed by atoms with Gasteiger partial charge < -0.3 is 10.0 Å². The smallest absolute Gasteiger partial charge is 0.328 e. The number of halogens is 2. The van der Waals surface area contributed by atoms with Gasteiger partial charge in [0.05, 0.1) is 3.79 Å². The Balaban J connectivity index is 2.27. The summed E-state index contributed by atoms with van der Waals surface area (Å²) in [5, 5.41) is 10.9. The average Bonchev–Trinajstić information content (AvgIpc) is 2.82. The van der Waals surface area contributed by atoms with Crippen LogP contribution in [0, 0.1) is 0 Å². The fourth-order valence-electron chi connectivity index (χ4n) is 1.94. The highest BCUT2D eigenvalue weighted by Crippen LogP contribution is 2.28. The lowest BCUT2D eigenvalue weighted by molar-refractivity contribution is -0.131. The van der Waals surface area contributed by atoms with Crippen LogP contribution in [0.3, 0.4) is 0 Å². The number of hydrogen-bond acceptors (Lipinski definition) is 3. The minimum absolute atomic E-state index is 0.756. The van der Waals surface area contributed by atoms with Crippen molar-refractivity contribution in [3.63, 3.8) is 0 Å². The summed E-state index contributed by atoms with van der Waals surface area (Å²) in [6, 6.07) is 7.88. The summed E-state index contributed by atoms with van der Waals surface area (Å²) in [4.78, 5) is 12.8. The normalized spacial score (nSPS) is 11.0. The maximum Gasteiger partial charge on any atom is 0.328 e. The summed E-state index contributed by atoms with van der Waals surface area (Å²) in [5.41, 5.74) is 3.06. The van der Waals surface area contributed by atoms with Gasteiger partial charge in [0.1, 0.15) is 0 Å². The van der Waals surface area contributed by atoms with Gasteiger partial charge >= 0.3 is 5.97 Å². The number of carboxylic acid groups (broad SMARTS) is 1. The molecule has 0 bridgehead atoms. The fourth-order valence-corrected chi connectivity index (χ4v) is 3.49. The number of nitrogens with zero attached hydrogens (tertiary/aromatic N) is 1. The van der Waals surface area contributed by atoms with Crippen LogP contribution in [-0.4, -0.2) is 18.1 Å². The molecule has 0 saturated carbocycles. The Morgan fingerprint density at radius 3 is 2.76 bits per heavy atom. The van der Waals surface area contributed by atoms with Crippen LogP contribution in [0.15, 0.2) is 44.0 Å². The standard InChI is InChI=1S/C15H13Br2NO2S/c1-18(8-10-6-14(17)21-9-10)13-7-12(16)4-2-11(13)3-5-15(19)20/h2-7,9H,8H2,1H3,(H,19,20). The monoisotopic (exact) mass is 429 g/mol. The zero-order valence-corrected chi connectivity index (χ0v) is 15.2. The van der Waals surface area contributed by atoms with E-state index in [1.807, 2.05) is 25.2 Å². The molecule has 2 rings (SSSR count). The van der Waals surface area contributed by atoms with Crippen LogP contribution in [0.4, 0.5) is 5.69 Å². The molecule has 0 fully saturated rings. The number of thiophene rings is 1. The molecule has 3 nitrogen and oxygen atoms in total. The lowest BCUT2D eigenvalue weighted by Gasteiger charge is -2.21. The maximum atomic E-state index is 10.7. The molecule has 1 aromatic carbocycles. The molecule has 0 aliphatic heterocycles. The second kappa shape index (κ2) is 7.24.